The minimum atomic E-state index is -0.943. The van der Waals surface area contributed by atoms with Crippen molar-refractivity contribution in [2.24, 2.45) is 5.92 Å². The van der Waals surface area contributed by atoms with Gasteiger partial charge in [0.2, 0.25) is 5.91 Å². The second kappa shape index (κ2) is 7.37. The molecule has 2 aliphatic heterocycles. The fourth-order valence-electron chi connectivity index (χ4n) is 7.67. The molecule has 2 N–H and O–H groups in total. The maximum atomic E-state index is 13.2. The van der Waals surface area contributed by atoms with Crippen LogP contribution in [0.3, 0.4) is 0 Å². The molecule has 0 radical (unpaired) electrons. The summed E-state index contributed by atoms with van der Waals surface area (Å²) in [5.41, 5.74) is 0.592. The van der Waals surface area contributed by atoms with Crippen molar-refractivity contribution in [3.63, 3.8) is 0 Å². The van der Waals surface area contributed by atoms with Gasteiger partial charge < -0.3 is 24.3 Å². The number of ether oxygens (including phenoxy) is 1. The van der Waals surface area contributed by atoms with Gasteiger partial charge in [-0.15, -0.1) is 0 Å². The largest absolute Gasteiger partial charge is 0.504 e. The summed E-state index contributed by atoms with van der Waals surface area (Å²) in [6, 6.07) is 7.16. The van der Waals surface area contributed by atoms with E-state index in [1.165, 1.54) is 24.5 Å². The molecular formula is C28H32N2O5. The first kappa shape index (κ1) is 21.5. The molecule has 7 heteroatoms. The van der Waals surface area contributed by atoms with Crippen molar-refractivity contribution in [2.75, 3.05) is 20.1 Å². The maximum absolute atomic E-state index is 13.2. The molecule has 5 atom stereocenters. The fraction of sp³-hybridized carbons (Fsp3) is 0.536. The van der Waals surface area contributed by atoms with Gasteiger partial charge in [-0.25, -0.2) is 0 Å². The van der Waals surface area contributed by atoms with Crippen LogP contribution in [-0.4, -0.2) is 69.8 Å². The Kier molecular flexibility index (Phi) is 4.53. The van der Waals surface area contributed by atoms with E-state index in [0.29, 0.717) is 24.4 Å². The molecule has 3 heterocycles. The Bertz CT molecular complexity index is 1200. The highest BCUT2D eigenvalue weighted by molar-refractivity contribution is 5.91. The SMILES string of the molecule is CN(C(=O)/C=C/c1ccco1)[C@H]1CC[C@@]2(O)[C@H]3Cc4ccc(O)c5c4[C@@]2(CCN3CC2CC2)[C@H]1O5. The molecule has 2 aromatic rings. The summed E-state index contributed by atoms with van der Waals surface area (Å²) in [7, 11) is 1.82. The molecule has 0 unspecified atom stereocenters. The predicted octanol–water partition coefficient (Wildman–Crippen LogP) is 3.09. The van der Waals surface area contributed by atoms with E-state index in [2.05, 4.69) is 4.90 Å². The molecule has 5 aliphatic rings. The zero-order valence-electron chi connectivity index (χ0n) is 20.0. The van der Waals surface area contributed by atoms with Crippen molar-refractivity contribution in [1.82, 2.24) is 9.80 Å². The number of likely N-dealkylation sites (tertiary alicyclic amines) is 1. The van der Waals surface area contributed by atoms with E-state index in [4.69, 9.17) is 9.15 Å². The fourth-order valence-corrected chi connectivity index (χ4v) is 7.67. The van der Waals surface area contributed by atoms with Crippen LogP contribution < -0.4 is 4.74 Å². The molecule has 2 bridgehead atoms. The van der Waals surface area contributed by atoms with Crippen LogP contribution in [0.15, 0.2) is 41.0 Å². The summed E-state index contributed by atoms with van der Waals surface area (Å²) < 4.78 is 11.9. The average molecular weight is 477 g/mol. The third-order valence-electron chi connectivity index (χ3n) is 9.51. The van der Waals surface area contributed by atoms with E-state index in [-0.39, 0.29) is 23.7 Å². The molecular weight excluding hydrogens is 444 g/mol. The van der Waals surface area contributed by atoms with Crippen LogP contribution in [-0.2, 0) is 16.6 Å². The highest BCUT2D eigenvalue weighted by atomic mass is 16.5. The number of nitrogens with zero attached hydrogens (tertiary/aromatic N) is 2. The van der Waals surface area contributed by atoms with Crippen molar-refractivity contribution >= 4 is 12.0 Å². The number of hydrogen-bond donors (Lipinski definition) is 2. The lowest BCUT2D eigenvalue weighted by atomic mass is 9.48. The number of carbonyl (C=O) groups excluding carboxylic acids is 1. The quantitative estimate of drug-likeness (QED) is 0.645. The summed E-state index contributed by atoms with van der Waals surface area (Å²) in [6.07, 6.45) is 9.76. The zero-order chi connectivity index (χ0) is 23.9. The van der Waals surface area contributed by atoms with E-state index in [9.17, 15) is 15.0 Å². The van der Waals surface area contributed by atoms with E-state index >= 15 is 0 Å². The van der Waals surface area contributed by atoms with Crippen LogP contribution >= 0.6 is 0 Å². The van der Waals surface area contributed by atoms with Crippen molar-refractivity contribution in [2.45, 2.75) is 67.7 Å². The molecule has 1 aromatic heterocycles. The molecule has 1 amide bonds. The van der Waals surface area contributed by atoms with Gasteiger partial charge in [0.1, 0.15) is 11.9 Å². The Morgan fingerprint density at radius 3 is 2.89 bits per heavy atom. The Balaban J connectivity index is 1.28. The number of phenols is 1. The van der Waals surface area contributed by atoms with Gasteiger partial charge in [-0.3, -0.25) is 9.69 Å². The van der Waals surface area contributed by atoms with Gasteiger partial charge in [0.25, 0.3) is 0 Å². The zero-order valence-corrected chi connectivity index (χ0v) is 20.0. The number of furan rings is 1. The van der Waals surface area contributed by atoms with Crippen molar-refractivity contribution in [3.05, 3.63) is 53.5 Å². The number of carbonyl (C=O) groups is 1. The number of amides is 1. The molecule has 7 nitrogen and oxygen atoms in total. The van der Waals surface area contributed by atoms with Crippen LogP contribution in [0.25, 0.3) is 6.08 Å². The molecule has 184 valence electrons. The molecule has 3 fully saturated rings. The minimum Gasteiger partial charge on any atom is -0.504 e. The number of likely N-dealkylation sites (N-methyl/N-ethyl adjacent to an activating group) is 1. The van der Waals surface area contributed by atoms with Crippen LogP contribution in [0.4, 0.5) is 0 Å². The van der Waals surface area contributed by atoms with Crippen LogP contribution in [0.1, 0.15) is 49.0 Å². The van der Waals surface area contributed by atoms with E-state index in [0.717, 1.165) is 37.4 Å². The van der Waals surface area contributed by atoms with Gasteiger partial charge in [-0.05, 0) is 80.8 Å². The summed E-state index contributed by atoms with van der Waals surface area (Å²) in [5.74, 6) is 1.88. The summed E-state index contributed by atoms with van der Waals surface area (Å²) in [4.78, 5) is 17.5. The highest BCUT2D eigenvalue weighted by Crippen LogP contribution is 2.66. The van der Waals surface area contributed by atoms with Crippen LogP contribution in [0.5, 0.6) is 11.5 Å². The lowest BCUT2D eigenvalue weighted by Crippen LogP contribution is -2.78. The van der Waals surface area contributed by atoms with Crippen LogP contribution in [0, 0.1) is 5.92 Å². The summed E-state index contributed by atoms with van der Waals surface area (Å²) in [5, 5.41) is 23.3. The minimum absolute atomic E-state index is 0.0340. The predicted molar refractivity (Wildman–Crippen MR) is 129 cm³/mol. The van der Waals surface area contributed by atoms with Gasteiger partial charge in [0, 0.05) is 31.3 Å². The molecule has 1 spiro atoms. The summed E-state index contributed by atoms with van der Waals surface area (Å²) >= 11 is 0. The van der Waals surface area contributed by atoms with Gasteiger partial charge in [0.15, 0.2) is 11.5 Å². The number of aliphatic hydroxyl groups is 1. The summed E-state index contributed by atoms with van der Waals surface area (Å²) in [6.45, 7) is 1.95. The molecule has 3 aliphatic carbocycles. The van der Waals surface area contributed by atoms with E-state index in [1.54, 1.807) is 29.4 Å². The average Bonchev–Trinajstić information content (AvgIpc) is 3.36. The van der Waals surface area contributed by atoms with Gasteiger partial charge in [-0.2, -0.15) is 0 Å². The lowest BCUT2D eigenvalue weighted by Gasteiger charge is -2.64. The molecule has 1 saturated heterocycles. The van der Waals surface area contributed by atoms with Crippen LogP contribution in [0.2, 0.25) is 0 Å². The van der Waals surface area contributed by atoms with Crippen molar-refractivity contribution < 1.29 is 24.2 Å². The molecule has 7 rings (SSSR count). The molecule has 2 saturated carbocycles. The Morgan fingerprint density at radius 2 is 2.11 bits per heavy atom. The second-order valence-electron chi connectivity index (χ2n) is 11.2. The van der Waals surface area contributed by atoms with Crippen molar-refractivity contribution in [1.29, 1.82) is 0 Å². The monoisotopic (exact) mass is 476 g/mol. The van der Waals surface area contributed by atoms with E-state index < -0.39 is 17.1 Å². The Hall–Kier alpha value is -2.77. The smallest absolute Gasteiger partial charge is 0.246 e. The third kappa shape index (κ3) is 2.88. The lowest BCUT2D eigenvalue weighted by molar-refractivity contribution is -0.200. The van der Waals surface area contributed by atoms with Gasteiger partial charge in [0.05, 0.1) is 23.3 Å². The number of hydrogen-bond acceptors (Lipinski definition) is 6. The number of aromatic hydroxyl groups is 1. The van der Waals surface area contributed by atoms with E-state index in [1.807, 2.05) is 19.2 Å². The van der Waals surface area contributed by atoms with Crippen molar-refractivity contribution in [3.8, 4) is 11.5 Å². The second-order valence-corrected chi connectivity index (χ2v) is 11.2. The third-order valence-corrected chi connectivity index (χ3v) is 9.51. The standard InChI is InChI=1S/C28H32N2O5/c1-29(23(32)9-7-19-3-2-14-34-19)20-10-11-28(33)22-15-18-6-8-21(31)25-24(18)27(28,26(20)35-25)12-13-30(22)16-17-4-5-17/h2-3,6-9,14,17,20,22,26,31,33H,4-5,10-13,15-16H2,1H3/b9-7+/t20-,22+,26-,27-,28+/m0/s1. The number of phenolic OH excluding ortho intramolecular Hbond substituents is 1. The first-order valence-electron chi connectivity index (χ1n) is 12.9. The Labute approximate surface area is 205 Å². The first-order chi connectivity index (χ1) is 16.9. The van der Waals surface area contributed by atoms with Gasteiger partial charge in [-0.1, -0.05) is 6.07 Å². The molecule has 1 aromatic carbocycles. The number of piperidine rings is 1. The Morgan fingerprint density at radius 1 is 1.26 bits per heavy atom. The maximum Gasteiger partial charge on any atom is 0.246 e. The highest BCUT2D eigenvalue weighted by Gasteiger charge is 2.73. The van der Waals surface area contributed by atoms with Gasteiger partial charge >= 0.3 is 0 Å². The molecule has 35 heavy (non-hydrogen) atoms. The normalized spacial score (nSPS) is 35.1. The topological polar surface area (TPSA) is 86.4 Å². The first-order valence-corrected chi connectivity index (χ1v) is 12.9. The number of benzene rings is 1. The number of rotatable bonds is 5.